The zero-order chi connectivity index (χ0) is 21.0. The lowest BCUT2D eigenvalue weighted by atomic mass is 9.96. The normalized spacial score (nSPS) is 10.9. The van der Waals surface area contributed by atoms with E-state index >= 15 is 0 Å². The van der Waals surface area contributed by atoms with Gasteiger partial charge in [0.15, 0.2) is 0 Å². The molecule has 0 saturated carbocycles. The number of hydrogen-bond donors (Lipinski definition) is 0. The van der Waals surface area contributed by atoms with E-state index in [9.17, 15) is 4.79 Å². The summed E-state index contributed by atoms with van der Waals surface area (Å²) < 4.78 is 5.80. The number of aromatic nitrogens is 2. The summed E-state index contributed by atoms with van der Waals surface area (Å²) in [4.78, 5) is 22.8. The van der Waals surface area contributed by atoms with Crippen molar-refractivity contribution in [3.63, 3.8) is 0 Å². The number of nitriles is 1. The molecular weight excluding hydrogens is 364 g/mol. The first-order valence-corrected chi connectivity index (χ1v) is 9.20. The molecule has 3 rings (SSSR count). The second-order valence-electron chi connectivity index (χ2n) is 7.58. The molecule has 0 radical (unpaired) electrons. The van der Waals surface area contributed by atoms with E-state index in [4.69, 9.17) is 10.00 Å². The highest BCUT2D eigenvalue weighted by Crippen LogP contribution is 2.29. The smallest absolute Gasteiger partial charge is 0.229 e. The van der Waals surface area contributed by atoms with Crippen molar-refractivity contribution in [2.24, 2.45) is 0 Å². The minimum absolute atomic E-state index is 0.149. The van der Waals surface area contributed by atoms with Gasteiger partial charge in [-0.15, -0.1) is 0 Å². The molecule has 0 aliphatic carbocycles. The molecule has 146 valence electrons. The highest BCUT2D eigenvalue weighted by atomic mass is 16.5. The first-order chi connectivity index (χ1) is 13.8. The first kappa shape index (κ1) is 20.0. The SMILES string of the molecule is CC(=O)N(c1ccc(Oc2ccc(C#N)cc2)cc1)c1ccnc(C(C)(C)C)n1. The van der Waals surface area contributed by atoms with Crippen molar-refractivity contribution in [2.45, 2.75) is 33.1 Å². The summed E-state index contributed by atoms with van der Waals surface area (Å²) in [6, 6.07) is 17.9. The third-order valence-electron chi connectivity index (χ3n) is 4.17. The average Bonchev–Trinajstić information content (AvgIpc) is 2.69. The van der Waals surface area contributed by atoms with Gasteiger partial charge in [-0.25, -0.2) is 9.97 Å². The number of carbonyl (C=O) groups is 1. The predicted octanol–water partition coefficient (Wildman–Crippen LogP) is 5.12. The van der Waals surface area contributed by atoms with Crippen LogP contribution in [0, 0.1) is 11.3 Å². The van der Waals surface area contributed by atoms with Crippen LogP contribution in [-0.4, -0.2) is 15.9 Å². The topological polar surface area (TPSA) is 79.1 Å². The molecule has 1 aromatic heterocycles. The molecule has 0 N–H and O–H groups in total. The van der Waals surface area contributed by atoms with Gasteiger partial charge in [-0.3, -0.25) is 9.69 Å². The Hall–Kier alpha value is -3.72. The quantitative estimate of drug-likeness (QED) is 0.621. The second kappa shape index (κ2) is 8.11. The Morgan fingerprint density at radius 3 is 2.10 bits per heavy atom. The van der Waals surface area contributed by atoms with Gasteiger partial charge in [0, 0.05) is 18.5 Å². The number of nitrogens with zero attached hydrogens (tertiary/aromatic N) is 4. The molecule has 1 heterocycles. The van der Waals surface area contributed by atoms with Crippen molar-refractivity contribution in [3.8, 4) is 17.6 Å². The molecule has 29 heavy (non-hydrogen) atoms. The van der Waals surface area contributed by atoms with Gasteiger partial charge in [0.25, 0.3) is 0 Å². The number of ether oxygens (including phenoxy) is 1. The number of anilines is 2. The molecule has 0 bridgehead atoms. The largest absolute Gasteiger partial charge is 0.457 e. The van der Waals surface area contributed by atoms with Crippen LogP contribution in [0.1, 0.15) is 39.1 Å². The van der Waals surface area contributed by atoms with Crippen molar-refractivity contribution in [1.82, 2.24) is 9.97 Å². The van der Waals surface area contributed by atoms with Crippen molar-refractivity contribution in [3.05, 3.63) is 72.2 Å². The van der Waals surface area contributed by atoms with Crippen LogP contribution < -0.4 is 9.64 Å². The van der Waals surface area contributed by atoms with Crippen LogP contribution >= 0.6 is 0 Å². The Kier molecular flexibility index (Phi) is 5.60. The third-order valence-corrected chi connectivity index (χ3v) is 4.17. The fraction of sp³-hybridized carbons (Fsp3) is 0.217. The Balaban J connectivity index is 1.85. The molecule has 0 atom stereocenters. The van der Waals surface area contributed by atoms with E-state index in [1.807, 2.05) is 20.8 Å². The van der Waals surface area contributed by atoms with E-state index in [-0.39, 0.29) is 11.3 Å². The van der Waals surface area contributed by atoms with Crippen LogP contribution in [0.25, 0.3) is 0 Å². The van der Waals surface area contributed by atoms with Gasteiger partial charge in [0.2, 0.25) is 5.91 Å². The summed E-state index contributed by atoms with van der Waals surface area (Å²) >= 11 is 0. The van der Waals surface area contributed by atoms with Gasteiger partial charge in [-0.1, -0.05) is 20.8 Å². The number of hydrogen-bond acceptors (Lipinski definition) is 5. The summed E-state index contributed by atoms with van der Waals surface area (Å²) in [5.74, 6) is 2.30. The van der Waals surface area contributed by atoms with Crippen molar-refractivity contribution >= 4 is 17.4 Å². The Morgan fingerprint density at radius 2 is 1.59 bits per heavy atom. The molecule has 2 aromatic carbocycles. The van der Waals surface area contributed by atoms with E-state index in [1.165, 1.54) is 6.92 Å². The van der Waals surface area contributed by atoms with Crippen molar-refractivity contribution in [1.29, 1.82) is 5.26 Å². The molecule has 0 spiro atoms. The highest BCUT2D eigenvalue weighted by Gasteiger charge is 2.21. The van der Waals surface area contributed by atoms with E-state index < -0.39 is 0 Å². The number of amides is 1. The lowest BCUT2D eigenvalue weighted by Crippen LogP contribution is -2.25. The van der Waals surface area contributed by atoms with Gasteiger partial charge in [-0.05, 0) is 54.6 Å². The molecule has 6 nitrogen and oxygen atoms in total. The molecule has 0 saturated heterocycles. The molecule has 0 aliphatic heterocycles. The Labute approximate surface area is 170 Å². The molecular formula is C23H22N4O2. The van der Waals surface area contributed by atoms with Gasteiger partial charge in [0.1, 0.15) is 23.1 Å². The van der Waals surface area contributed by atoms with Crippen LogP contribution in [0.4, 0.5) is 11.5 Å². The van der Waals surface area contributed by atoms with E-state index in [0.717, 1.165) is 0 Å². The fourth-order valence-electron chi connectivity index (χ4n) is 2.71. The fourth-order valence-corrected chi connectivity index (χ4v) is 2.71. The maximum Gasteiger partial charge on any atom is 0.229 e. The predicted molar refractivity (Wildman–Crippen MR) is 111 cm³/mol. The van der Waals surface area contributed by atoms with Crippen LogP contribution in [-0.2, 0) is 10.2 Å². The highest BCUT2D eigenvalue weighted by molar-refractivity contribution is 5.98. The number of benzene rings is 2. The molecule has 6 heteroatoms. The standard InChI is InChI=1S/C23H22N4O2/c1-16(28)27(21-13-14-25-22(26-21)23(2,3)4)18-7-11-20(12-8-18)29-19-9-5-17(15-24)6-10-19/h5-14H,1-4H3. The molecule has 0 fully saturated rings. The van der Waals surface area contributed by atoms with Gasteiger partial charge >= 0.3 is 0 Å². The number of rotatable bonds is 4. The average molecular weight is 386 g/mol. The maximum atomic E-state index is 12.4. The summed E-state index contributed by atoms with van der Waals surface area (Å²) in [5.41, 5.74) is 1.03. The molecule has 3 aromatic rings. The minimum atomic E-state index is -0.225. The molecule has 1 amide bonds. The summed E-state index contributed by atoms with van der Waals surface area (Å²) in [7, 11) is 0. The second-order valence-corrected chi connectivity index (χ2v) is 7.58. The van der Waals surface area contributed by atoms with Gasteiger partial charge in [-0.2, -0.15) is 5.26 Å². The molecule has 0 aliphatic rings. The Bertz CT molecular complexity index is 1050. The van der Waals surface area contributed by atoms with Crippen molar-refractivity contribution in [2.75, 3.05) is 4.90 Å². The lowest BCUT2D eigenvalue weighted by Gasteiger charge is -2.23. The lowest BCUT2D eigenvalue weighted by molar-refractivity contribution is -0.115. The van der Waals surface area contributed by atoms with Crippen LogP contribution in [0.5, 0.6) is 11.5 Å². The van der Waals surface area contributed by atoms with E-state index in [2.05, 4.69) is 16.0 Å². The summed E-state index contributed by atoms with van der Waals surface area (Å²) in [6.07, 6.45) is 1.67. The van der Waals surface area contributed by atoms with Crippen LogP contribution in [0.3, 0.4) is 0 Å². The third kappa shape index (κ3) is 4.77. The number of carbonyl (C=O) groups excluding carboxylic acids is 1. The Morgan fingerprint density at radius 1 is 1.00 bits per heavy atom. The summed E-state index contributed by atoms with van der Waals surface area (Å²) in [5, 5.41) is 8.87. The zero-order valence-electron chi connectivity index (χ0n) is 16.9. The zero-order valence-corrected chi connectivity index (χ0v) is 16.9. The van der Waals surface area contributed by atoms with E-state index in [0.29, 0.717) is 34.4 Å². The van der Waals surface area contributed by atoms with Crippen LogP contribution in [0.2, 0.25) is 0 Å². The first-order valence-electron chi connectivity index (χ1n) is 9.20. The van der Waals surface area contributed by atoms with E-state index in [1.54, 1.807) is 65.7 Å². The van der Waals surface area contributed by atoms with Crippen molar-refractivity contribution < 1.29 is 9.53 Å². The van der Waals surface area contributed by atoms with Gasteiger partial charge < -0.3 is 4.74 Å². The van der Waals surface area contributed by atoms with Crippen LogP contribution in [0.15, 0.2) is 60.8 Å². The minimum Gasteiger partial charge on any atom is -0.457 e. The summed E-state index contributed by atoms with van der Waals surface area (Å²) in [6.45, 7) is 7.58. The van der Waals surface area contributed by atoms with Gasteiger partial charge in [0.05, 0.1) is 17.3 Å². The monoisotopic (exact) mass is 386 g/mol. The molecule has 0 unspecified atom stereocenters. The maximum absolute atomic E-state index is 12.4.